The lowest BCUT2D eigenvalue weighted by molar-refractivity contribution is -0.132. The molecule has 4 heteroatoms. The molecular formula is C9H17NO2S. The Bertz CT molecular complexity index is 178. The molecule has 1 heterocycles. The minimum atomic E-state index is -0.200. The van der Waals surface area contributed by atoms with Crippen LogP contribution in [0, 0.1) is 0 Å². The second-order valence-electron chi connectivity index (χ2n) is 3.43. The van der Waals surface area contributed by atoms with Gasteiger partial charge in [0.15, 0.2) is 0 Å². The van der Waals surface area contributed by atoms with Crippen molar-refractivity contribution in [3.8, 4) is 0 Å². The molecular weight excluding hydrogens is 186 g/mol. The molecule has 0 saturated carbocycles. The van der Waals surface area contributed by atoms with Gasteiger partial charge in [-0.25, -0.2) is 0 Å². The molecule has 0 aromatic heterocycles. The first-order chi connectivity index (χ1) is 6.15. The van der Waals surface area contributed by atoms with Crippen molar-refractivity contribution in [1.29, 1.82) is 0 Å². The molecule has 0 radical (unpaired) electrons. The fourth-order valence-electron chi connectivity index (χ4n) is 1.44. The predicted molar refractivity (Wildman–Crippen MR) is 54.8 cm³/mol. The number of amides is 1. The van der Waals surface area contributed by atoms with Crippen LogP contribution in [0.1, 0.15) is 19.8 Å². The van der Waals surface area contributed by atoms with Crippen molar-refractivity contribution in [1.82, 2.24) is 4.90 Å². The number of hydrogen-bond donors (Lipinski definition) is 1. The van der Waals surface area contributed by atoms with E-state index in [1.54, 1.807) is 11.8 Å². The van der Waals surface area contributed by atoms with E-state index in [1.165, 1.54) is 0 Å². The number of carbonyl (C=O) groups is 1. The average molecular weight is 203 g/mol. The molecule has 1 amide bonds. The van der Waals surface area contributed by atoms with Gasteiger partial charge in [-0.05, 0) is 26.0 Å². The molecule has 1 fully saturated rings. The summed E-state index contributed by atoms with van der Waals surface area (Å²) in [7, 11) is 0. The van der Waals surface area contributed by atoms with Crippen LogP contribution in [0.2, 0.25) is 0 Å². The van der Waals surface area contributed by atoms with Crippen molar-refractivity contribution < 1.29 is 9.90 Å². The van der Waals surface area contributed by atoms with Gasteiger partial charge in [0.2, 0.25) is 5.91 Å². The highest BCUT2D eigenvalue weighted by Gasteiger charge is 2.24. The van der Waals surface area contributed by atoms with Crippen LogP contribution < -0.4 is 0 Å². The molecule has 3 nitrogen and oxygen atoms in total. The van der Waals surface area contributed by atoms with E-state index in [2.05, 4.69) is 0 Å². The van der Waals surface area contributed by atoms with Crippen LogP contribution >= 0.6 is 11.8 Å². The normalized spacial score (nSPS) is 21.6. The molecule has 0 aliphatic carbocycles. The summed E-state index contributed by atoms with van der Waals surface area (Å²) in [5.41, 5.74) is 0. The Hall–Kier alpha value is -0.220. The average Bonchev–Trinajstić information content (AvgIpc) is 2.17. The van der Waals surface area contributed by atoms with Crippen LogP contribution in [0.15, 0.2) is 0 Å². The van der Waals surface area contributed by atoms with Crippen molar-refractivity contribution in [2.24, 2.45) is 0 Å². The summed E-state index contributed by atoms with van der Waals surface area (Å²) in [6, 6.07) is 0. The Labute approximate surface area is 83.5 Å². The van der Waals surface area contributed by atoms with Crippen molar-refractivity contribution in [3.63, 3.8) is 0 Å². The zero-order chi connectivity index (χ0) is 9.84. The SMILES string of the molecule is CSC(C)C(=O)N1CCC(O)CC1. The standard InChI is InChI=1S/C9H17NO2S/c1-7(13-2)9(12)10-5-3-8(11)4-6-10/h7-8,11H,3-6H2,1-2H3. The zero-order valence-corrected chi connectivity index (χ0v) is 9.01. The van der Waals surface area contributed by atoms with Crippen LogP contribution in [-0.2, 0) is 4.79 Å². The molecule has 1 atom stereocenters. The summed E-state index contributed by atoms with van der Waals surface area (Å²) in [4.78, 5) is 13.5. The highest BCUT2D eigenvalue weighted by atomic mass is 32.2. The number of aliphatic hydroxyl groups is 1. The van der Waals surface area contributed by atoms with Crippen molar-refractivity contribution in [2.75, 3.05) is 19.3 Å². The smallest absolute Gasteiger partial charge is 0.235 e. The second-order valence-corrected chi connectivity index (χ2v) is 4.61. The lowest BCUT2D eigenvalue weighted by atomic mass is 10.1. The highest BCUT2D eigenvalue weighted by Crippen LogP contribution is 2.15. The Balaban J connectivity index is 2.40. The number of hydrogen-bond acceptors (Lipinski definition) is 3. The molecule has 1 rings (SSSR count). The number of aliphatic hydroxyl groups excluding tert-OH is 1. The summed E-state index contributed by atoms with van der Waals surface area (Å²) in [5, 5.41) is 9.31. The molecule has 1 unspecified atom stereocenters. The third kappa shape index (κ3) is 2.88. The number of thioether (sulfide) groups is 1. The predicted octanol–water partition coefficient (Wildman–Crippen LogP) is 0.721. The lowest BCUT2D eigenvalue weighted by Crippen LogP contribution is -2.43. The maximum Gasteiger partial charge on any atom is 0.235 e. The van der Waals surface area contributed by atoms with Gasteiger partial charge in [0.05, 0.1) is 11.4 Å². The van der Waals surface area contributed by atoms with Crippen molar-refractivity contribution in [3.05, 3.63) is 0 Å². The topological polar surface area (TPSA) is 40.5 Å². The Morgan fingerprint density at radius 3 is 2.54 bits per heavy atom. The van der Waals surface area contributed by atoms with Crippen molar-refractivity contribution >= 4 is 17.7 Å². The van der Waals surface area contributed by atoms with E-state index < -0.39 is 0 Å². The third-order valence-corrected chi connectivity index (χ3v) is 3.39. The van der Waals surface area contributed by atoms with E-state index >= 15 is 0 Å². The van der Waals surface area contributed by atoms with Gasteiger partial charge in [0, 0.05) is 13.1 Å². The van der Waals surface area contributed by atoms with Gasteiger partial charge >= 0.3 is 0 Å². The molecule has 1 aliphatic heterocycles. The minimum Gasteiger partial charge on any atom is -0.393 e. The number of nitrogens with zero attached hydrogens (tertiary/aromatic N) is 1. The number of carbonyl (C=O) groups excluding carboxylic acids is 1. The van der Waals surface area contributed by atoms with Gasteiger partial charge in [-0.3, -0.25) is 4.79 Å². The van der Waals surface area contributed by atoms with E-state index in [9.17, 15) is 9.90 Å². The van der Waals surface area contributed by atoms with Gasteiger partial charge in [-0.1, -0.05) is 0 Å². The molecule has 1 saturated heterocycles. The van der Waals surface area contributed by atoms with E-state index in [0.29, 0.717) is 13.1 Å². The van der Waals surface area contributed by atoms with Crippen LogP contribution in [0.5, 0.6) is 0 Å². The van der Waals surface area contributed by atoms with Gasteiger partial charge in [0.1, 0.15) is 0 Å². The minimum absolute atomic E-state index is 0.0512. The molecule has 0 spiro atoms. The summed E-state index contributed by atoms with van der Waals surface area (Å²) in [6.07, 6.45) is 3.20. The molecule has 1 N–H and O–H groups in total. The number of piperidine rings is 1. The van der Waals surface area contributed by atoms with Gasteiger partial charge in [-0.2, -0.15) is 11.8 Å². The van der Waals surface area contributed by atoms with Crippen LogP contribution in [0.25, 0.3) is 0 Å². The first-order valence-electron chi connectivity index (χ1n) is 4.64. The zero-order valence-electron chi connectivity index (χ0n) is 8.19. The fraction of sp³-hybridized carbons (Fsp3) is 0.889. The van der Waals surface area contributed by atoms with Crippen LogP contribution in [0.4, 0.5) is 0 Å². The molecule has 0 aromatic carbocycles. The molecule has 1 aliphatic rings. The monoisotopic (exact) mass is 203 g/mol. The van der Waals surface area contributed by atoms with Gasteiger partial charge in [-0.15, -0.1) is 0 Å². The molecule has 0 aromatic rings. The van der Waals surface area contributed by atoms with Gasteiger partial charge < -0.3 is 10.0 Å². The molecule has 0 bridgehead atoms. The summed E-state index contributed by atoms with van der Waals surface area (Å²) < 4.78 is 0. The Morgan fingerprint density at radius 2 is 2.08 bits per heavy atom. The Kier molecular flexibility index (Phi) is 4.06. The second kappa shape index (κ2) is 4.86. The third-order valence-electron chi connectivity index (χ3n) is 2.48. The number of likely N-dealkylation sites (tertiary alicyclic amines) is 1. The lowest BCUT2D eigenvalue weighted by Gasteiger charge is -2.31. The van der Waals surface area contributed by atoms with Crippen LogP contribution in [0.3, 0.4) is 0 Å². The molecule has 13 heavy (non-hydrogen) atoms. The quantitative estimate of drug-likeness (QED) is 0.719. The van der Waals surface area contributed by atoms with E-state index in [0.717, 1.165) is 12.8 Å². The van der Waals surface area contributed by atoms with E-state index in [1.807, 2.05) is 18.1 Å². The van der Waals surface area contributed by atoms with E-state index in [4.69, 9.17) is 0 Å². The fourth-order valence-corrected chi connectivity index (χ4v) is 1.79. The molecule has 76 valence electrons. The maximum absolute atomic E-state index is 11.7. The number of rotatable bonds is 2. The van der Waals surface area contributed by atoms with Crippen molar-refractivity contribution in [2.45, 2.75) is 31.1 Å². The van der Waals surface area contributed by atoms with E-state index in [-0.39, 0.29) is 17.3 Å². The Morgan fingerprint density at radius 1 is 1.54 bits per heavy atom. The first kappa shape index (κ1) is 10.9. The first-order valence-corrected chi connectivity index (χ1v) is 5.93. The summed E-state index contributed by atoms with van der Waals surface area (Å²) in [5.74, 6) is 0.208. The largest absolute Gasteiger partial charge is 0.393 e. The maximum atomic E-state index is 11.7. The summed E-state index contributed by atoms with van der Waals surface area (Å²) in [6.45, 7) is 3.35. The van der Waals surface area contributed by atoms with Gasteiger partial charge in [0.25, 0.3) is 0 Å². The van der Waals surface area contributed by atoms with Crippen LogP contribution in [-0.4, -0.2) is 46.6 Å². The summed E-state index contributed by atoms with van der Waals surface area (Å²) >= 11 is 1.57. The highest BCUT2D eigenvalue weighted by molar-refractivity contribution is 7.99.